The zero-order valence-electron chi connectivity index (χ0n) is 13.1. The van der Waals surface area contributed by atoms with Gasteiger partial charge in [-0.15, -0.1) is 0 Å². The van der Waals surface area contributed by atoms with Crippen molar-refractivity contribution in [1.29, 1.82) is 0 Å². The first-order valence-corrected chi connectivity index (χ1v) is 7.91. The molecule has 132 valence electrons. The van der Waals surface area contributed by atoms with Gasteiger partial charge in [0, 0.05) is 5.92 Å². The topological polar surface area (TPSA) is 59.3 Å². The van der Waals surface area contributed by atoms with Crippen LogP contribution in [0.5, 0.6) is 0 Å². The minimum absolute atomic E-state index is 0.0153. The van der Waals surface area contributed by atoms with Gasteiger partial charge in [-0.1, -0.05) is 17.7 Å². The molecule has 0 bridgehead atoms. The number of aromatic nitrogens is 2. The molecule has 1 aliphatic rings. The second kappa shape index (κ2) is 6.51. The second-order valence-corrected chi connectivity index (χ2v) is 6.12. The third-order valence-electron chi connectivity index (χ3n) is 3.78. The second-order valence-electron chi connectivity index (χ2n) is 5.76. The van der Waals surface area contributed by atoms with Crippen molar-refractivity contribution >= 4 is 23.7 Å². The number of alkyl halides is 3. The SMILES string of the molecule is Cc1nn(-c2cccc(C(F)(F)F)c2)c(Cl)c1/C=N\NC(=O)C1CC1. The number of carbonyl (C=O) groups is 1. The van der Waals surface area contributed by atoms with E-state index in [0.29, 0.717) is 11.3 Å². The molecule has 1 aromatic carbocycles. The van der Waals surface area contributed by atoms with Gasteiger partial charge in [0.2, 0.25) is 5.91 Å². The number of halogens is 4. The normalized spacial score (nSPS) is 14.9. The summed E-state index contributed by atoms with van der Waals surface area (Å²) in [6.07, 6.45) is -1.40. The van der Waals surface area contributed by atoms with Crippen LogP contribution in [-0.4, -0.2) is 21.9 Å². The van der Waals surface area contributed by atoms with Gasteiger partial charge in [-0.05, 0) is 38.0 Å². The summed E-state index contributed by atoms with van der Waals surface area (Å²) in [6.45, 7) is 1.65. The van der Waals surface area contributed by atoms with Crippen LogP contribution in [0.1, 0.15) is 29.7 Å². The maximum atomic E-state index is 12.9. The van der Waals surface area contributed by atoms with Crippen LogP contribution in [0, 0.1) is 12.8 Å². The predicted octanol–water partition coefficient (Wildman–Crippen LogP) is 3.71. The fourth-order valence-corrected chi connectivity index (χ4v) is 2.56. The van der Waals surface area contributed by atoms with E-state index in [1.807, 2.05) is 0 Å². The Labute approximate surface area is 146 Å². The maximum Gasteiger partial charge on any atom is 0.416 e. The molecule has 1 aromatic heterocycles. The molecular formula is C16H14ClF3N4O. The van der Waals surface area contributed by atoms with Gasteiger partial charge in [0.25, 0.3) is 0 Å². The number of hydrogen-bond donors (Lipinski definition) is 1. The minimum atomic E-state index is -4.46. The Morgan fingerprint density at radius 1 is 1.44 bits per heavy atom. The highest BCUT2D eigenvalue weighted by Gasteiger charge is 2.31. The summed E-state index contributed by atoms with van der Waals surface area (Å²) in [6, 6.07) is 4.70. The molecular weight excluding hydrogens is 357 g/mol. The first-order chi connectivity index (χ1) is 11.8. The van der Waals surface area contributed by atoms with Crippen molar-refractivity contribution < 1.29 is 18.0 Å². The molecule has 0 atom stereocenters. The summed E-state index contributed by atoms with van der Waals surface area (Å²) in [5.74, 6) is -0.142. The molecule has 0 saturated heterocycles. The lowest BCUT2D eigenvalue weighted by molar-refractivity contribution is -0.137. The lowest BCUT2D eigenvalue weighted by Crippen LogP contribution is -2.19. The van der Waals surface area contributed by atoms with Crippen LogP contribution in [0.4, 0.5) is 13.2 Å². The third-order valence-corrected chi connectivity index (χ3v) is 4.15. The van der Waals surface area contributed by atoms with Crippen LogP contribution in [0.3, 0.4) is 0 Å². The first-order valence-electron chi connectivity index (χ1n) is 7.53. The number of carbonyl (C=O) groups excluding carboxylic acids is 1. The number of rotatable bonds is 4. The molecule has 0 spiro atoms. The van der Waals surface area contributed by atoms with Crippen LogP contribution in [0.25, 0.3) is 5.69 Å². The molecule has 0 radical (unpaired) electrons. The molecule has 3 rings (SSSR count). The van der Waals surface area contributed by atoms with E-state index in [1.54, 1.807) is 6.92 Å². The largest absolute Gasteiger partial charge is 0.416 e. The van der Waals surface area contributed by atoms with Gasteiger partial charge < -0.3 is 0 Å². The standard InChI is InChI=1S/C16H14ClF3N4O/c1-9-13(8-21-22-15(25)10-5-6-10)14(17)24(23-9)12-4-2-3-11(7-12)16(18,19)20/h2-4,7-8,10H,5-6H2,1H3,(H,22,25)/b21-8-. The van der Waals surface area contributed by atoms with Gasteiger partial charge in [0.15, 0.2) is 0 Å². The van der Waals surface area contributed by atoms with Crippen molar-refractivity contribution in [2.75, 3.05) is 0 Å². The fraction of sp³-hybridized carbons (Fsp3) is 0.312. The van der Waals surface area contributed by atoms with Gasteiger partial charge in [0.1, 0.15) is 5.15 Å². The number of benzene rings is 1. The minimum Gasteiger partial charge on any atom is -0.273 e. The van der Waals surface area contributed by atoms with Crippen LogP contribution >= 0.6 is 11.6 Å². The molecule has 1 fully saturated rings. The number of amides is 1. The van der Waals surface area contributed by atoms with E-state index in [4.69, 9.17) is 11.6 Å². The van der Waals surface area contributed by atoms with Crippen molar-refractivity contribution in [3.8, 4) is 5.69 Å². The molecule has 9 heteroatoms. The summed E-state index contributed by atoms with van der Waals surface area (Å²) >= 11 is 6.24. The Balaban J connectivity index is 1.86. The number of nitrogens with one attached hydrogen (secondary N) is 1. The van der Waals surface area contributed by atoms with Crippen molar-refractivity contribution in [1.82, 2.24) is 15.2 Å². The summed E-state index contributed by atoms with van der Waals surface area (Å²) in [5.41, 5.74) is 2.71. The van der Waals surface area contributed by atoms with E-state index in [1.165, 1.54) is 23.0 Å². The van der Waals surface area contributed by atoms with E-state index >= 15 is 0 Å². The molecule has 5 nitrogen and oxygen atoms in total. The quantitative estimate of drug-likeness (QED) is 0.658. The van der Waals surface area contributed by atoms with Gasteiger partial charge >= 0.3 is 6.18 Å². The van der Waals surface area contributed by atoms with Gasteiger partial charge in [-0.25, -0.2) is 10.1 Å². The molecule has 1 saturated carbocycles. The van der Waals surface area contributed by atoms with E-state index in [9.17, 15) is 18.0 Å². The monoisotopic (exact) mass is 370 g/mol. The Bertz CT molecular complexity index is 840. The number of hydrazone groups is 1. The van der Waals surface area contributed by atoms with Crippen LogP contribution in [0.15, 0.2) is 29.4 Å². The smallest absolute Gasteiger partial charge is 0.273 e. The first kappa shape index (κ1) is 17.5. The number of hydrogen-bond acceptors (Lipinski definition) is 3. The molecule has 0 unspecified atom stereocenters. The van der Waals surface area contributed by atoms with Crippen molar-refractivity contribution in [3.05, 3.63) is 46.2 Å². The fourth-order valence-electron chi connectivity index (χ4n) is 2.24. The van der Waals surface area contributed by atoms with Crippen molar-refractivity contribution in [3.63, 3.8) is 0 Å². The molecule has 1 N–H and O–H groups in total. The zero-order valence-corrected chi connectivity index (χ0v) is 13.9. The average molecular weight is 371 g/mol. The highest BCUT2D eigenvalue weighted by atomic mass is 35.5. The van der Waals surface area contributed by atoms with Crippen LogP contribution in [-0.2, 0) is 11.0 Å². The van der Waals surface area contributed by atoms with E-state index < -0.39 is 11.7 Å². The molecule has 1 amide bonds. The number of nitrogens with zero attached hydrogens (tertiary/aromatic N) is 3. The summed E-state index contributed by atoms with van der Waals surface area (Å²) in [7, 11) is 0. The van der Waals surface area contributed by atoms with Gasteiger partial charge in [0.05, 0.1) is 28.7 Å². The molecule has 1 aliphatic carbocycles. The third kappa shape index (κ3) is 3.84. The average Bonchev–Trinajstić information content (AvgIpc) is 3.36. The Kier molecular flexibility index (Phi) is 4.55. The lowest BCUT2D eigenvalue weighted by Gasteiger charge is -2.09. The van der Waals surface area contributed by atoms with E-state index in [-0.39, 0.29) is 22.7 Å². The highest BCUT2D eigenvalue weighted by molar-refractivity contribution is 6.32. The van der Waals surface area contributed by atoms with E-state index in [2.05, 4.69) is 15.6 Å². The Morgan fingerprint density at radius 2 is 2.16 bits per heavy atom. The Morgan fingerprint density at radius 3 is 2.80 bits per heavy atom. The van der Waals surface area contributed by atoms with Crippen molar-refractivity contribution in [2.45, 2.75) is 25.9 Å². The molecule has 25 heavy (non-hydrogen) atoms. The Hall–Kier alpha value is -2.35. The summed E-state index contributed by atoms with van der Waals surface area (Å²) < 4.78 is 39.8. The maximum absolute atomic E-state index is 12.9. The van der Waals surface area contributed by atoms with Crippen molar-refractivity contribution in [2.24, 2.45) is 11.0 Å². The lowest BCUT2D eigenvalue weighted by atomic mass is 10.2. The van der Waals surface area contributed by atoms with Crippen LogP contribution in [0.2, 0.25) is 5.15 Å². The van der Waals surface area contributed by atoms with Gasteiger partial charge in [-0.3, -0.25) is 4.79 Å². The van der Waals surface area contributed by atoms with Gasteiger partial charge in [-0.2, -0.15) is 23.4 Å². The summed E-state index contributed by atoms with van der Waals surface area (Å²) in [4.78, 5) is 11.5. The molecule has 0 aliphatic heterocycles. The highest BCUT2D eigenvalue weighted by Crippen LogP contribution is 2.31. The zero-order chi connectivity index (χ0) is 18.2. The number of aryl methyl sites for hydroxylation is 1. The predicted molar refractivity (Wildman–Crippen MR) is 86.8 cm³/mol. The molecule has 2 aromatic rings. The van der Waals surface area contributed by atoms with E-state index in [0.717, 1.165) is 25.0 Å². The summed E-state index contributed by atoms with van der Waals surface area (Å²) in [5, 5.41) is 8.12. The molecule has 1 heterocycles. The van der Waals surface area contributed by atoms with Crippen LogP contribution < -0.4 is 5.43 Å².